The van der Waals surface area contributed by atoms with Gasteiger partial charge in [-0.05, 0) is 24.7 Å². The topological polar surface area (TPSA) is 38.7 Å². The lowest BCUT2D eigenvalue weighted by Crippen LogP contribution is -2.41. The third-order valence-corrected chi connectivity index (χ3v) is 3.56. The van der Waals surface area contributed by atoms with E-state index >= 15 is 0 Å². The number of hydrogen-bond donors (Lipinski definition) is 1. The molecular formula is C11H20O3. The molecule has 1 aliphatic heterocycles. The second-order valence-electron chi connectivity index (χ2n) is 4.92. The minimum Gasteiger partial charge on any atom is -0.396 e. The summed E-state index contributed by atoms with van der Waals surface area (Å²) in [6, 6.07) is 0. The van der Waals surface area contributed by atoms with Crippen LogP contribution in [0.3, 0.4) is 0 Å². The van der Waals surface area contributed by atoms with Crippen LogP contribution in [0.5, 0.6) is 0 Å². The van der Waals surface area contributed by atoms with Gasteiger partial charge in [0.25, 0.3) is 0 Å². The van der Waals surface area contributed by atoms with Crippen LogP contribution in [0.1, 0.15) is 39.0 Å². The number of hydrogen-bond acceptors (Lipinski definition) is 3. The van der Waals surface area contributed by atoms with Crippen LogP contribution in [0, 0.1) is 5.41 Å². The minimum absolute atomic E-state index is 0.206. The molecule has 2 rings (SSSR count). The molecule has 1 saturated heterocycles. The molecule has 3 nitrogen and oxygen atoms in total. The van der Waals surface area contributed by atoms with Gasteiger partial charge in [-0.25, -0.2) is 0 Å². The molecule has 3 heteroatoms. The highest BCUT2D eigenvalue weighted by Gasteiger charge is 2.45. The SMILES string of the molecule is CC1(CCO)CCCC2(C1)OCCO2. The molecule has 82 valence electrons. The predicted molar refractivity (Wildman–Crippen MR) is 52.9 cm³/mol. The van der Waals surface area contributed by atoms with Crippen molar-refractivity contribution in [3.8, 4) is 0 Å². The lowest BCUT2D eigenvalue weighted by molar-refractivity contribution is -0.201. The molecule has 0 aromatic heterocycles. The Labute approximate surface area is 85.4 Å². The van der Waals surface area contributed by atoms with Crippen molar-refractivity contribution < 1.29 is 14.6 Å². The monoisotopic (exact) mass is 200 g/mol. The van der Waals surface area contributed by atoms with Crippen molar-refractivity contribution in [3.63, 3.8) is 0 Å². The number of aliphatic hydroxyl groups excluding tert-OH is 1. The standard InChI is InChI=1S/C11H20O3/c1-10(5-6-12)3-2-4-11(9-10)13-7-8-14-11/h12H,2-9H2,1H3. The third kappa shape index (κ3) is 1.95. The van der Waals surface area contributed by atoms with Gasteiger partial charge in [0.05, 0.1) is 13.2 Å². The van der Waals surface area contributed by atoms with Crippen molar-refractivity contribution in [2.24, 2.45) is 5.41 Å². The van der Waals surface area contributed by atoms with Crippen LogP contribution in [0.25, 0.3) is 0 Å². The maximum absolute atomic E-state index is 9.03. The molecule has 2 fully saturated rings. The van der Waals surface area contributed by atoms with Crippen LogP contribution in [-0.4, -0.2) is 30.7 Å². The van der Waals surface area contributed by atoms with Gasteiger partial charge >= 0.3 is 0 Å². The molecule has 1 unspecified atom stereocenters. The van der Waals surface area contributed by atoms with Crippen molar-refractivity contribution in [1.82, 2.24) is 0 Å². The maximum Gasteiger partial charge on any atom is 0.169 e. The van der Waals surface area contributed by atoms with Gasteiger partial charge in [0.1, 0.15) is 0 Å². The van der Waals surface area contributed by atoms with E-state index in [0.29, 0.717) is 0 Å². The lowest BCUT2D eigenvalue weighted by atomic mass is 9.71. The van der Waals surface area contributed by atoms with E-state index in [4.69, 9.17) is 14.6 Å². The highest BCUT2D eigenvalue weighted by atomic mass is 16.7. The van der Waals surface area contributed by atoms with Crippen LogP contribution in [0.4, 0.5) is 0 Å². The molecule has 1 heterocycles. The average Bonchev–Trinajstić information content (AvgIpc) is 2.52. The van der Waals surface area contributed by atoms with Crippen molar-refractivity contribution >= 4 is 0 Å². The van der Waals surface area contributed by atoms with Crippen molar-refractivity contribution in [3.05, 3.63) is 0 Å². The van der Waals surface area contributed by atoms with Crippen LogP contribution in [-0.2, 0) is 9.47 Å². The van der Waals surface area contributed by atoms with Gasteiger partial charge in [-0.1, -0.05) is 6.92 Å². The van der Waals surface area contributed by atoms with E-state index in [0.717, 1.165) is 38.9 Å². The van der Waals surface area contributed by atoms with E-state index in [1.54, 1.807) is 0 Å². The van der Waals surface area contributed by atoms with Gasteiger partial charge in [0, 0.05) is 19.4 Å². The Morgan fingerprint density at radius 2 is 1.93 bits per heavy atom. The van der Waals surface area contributed by atoms with Crippen LogP contribution < -0.4 is 0 Å². The first kappa shape index (κ1) is 10.4. The first-order valence-electron chi connectivity index (χ1n) is 5.57. The molecule has 0 radical (unpaired) electrons. The molecule has 1 saturated carbocycles. The molecule has 0 bridgehead atoms. The Morgan fingerprint density at radius 1 is 1.21 bits per heavy atom. The smallest absolute Gasteiger partial charge is 0.169 e. The van der Waals surface area contributed by atoms with Crippen LogP contribution in [0.2, 0.25) is 0 Å². The van der Waals surface area contributed by atoms with E-state index in [1.165, 1.54) is 6.42 Å². The summed E-state index contributed by atoms with van der Waals surface area (Å²) in [6.45, 7) is 3.96. The third-order valence-electron chi connectivity index (χ3n) is 3.56. The van der Waals surface area contributed by atoms with E-state index in [-0.39, 0.29) is 17.8 Å². The summed E-state index contributed by atoms with van der Waals surface area (Å²) in [5, 5.41) is 9.03. The second kappa shape index (κ2) is 3.80. The first-order chi connectivity index (χ1) is 6.68. The Kier molecular flexibility index (Phi) is 2.82. The molecule has 0 aromatic carbocycles. The van der Waals surface area contributed by atoms with Gasteiger partial charge in [-0.2, -0.15) is 0 Å². The fourth-order valence-corrected chi connectivity index (χ4v) is 2.84. The van der Waals surface area contributed by atoms with Crippen molar-refractivity contribution in [2.45, 2.75) is 44.8 Å². The van der Waals surface area contributed by atoms with E-state index in [2.05, 4.69) is 6.92 Å². The summed E-state index contributed by atoms with van der Waals surface area (Å²) in [5.41, 5.74) is 0.206. The van der Waals surface area contributed by atoms with E-state index < -0.39 is 0 Å². The predicted octanol–water partition coefficient (Wildman–Crippen LogP) is 1.69. The minimum atomic E-state index is -0.303. The van der Waals surface area contributed by atoms with Gasteiger partial charge in [-0.3, -0.25) is 0 Å². The van der Waals surface area contributed by atoms with Crippen molar-refractivity contribution in [2.75, 3.05) is 19.8 Å². The zero-order chi connectivity index (χ0) is 10.1. The summed E-state index contributed by atoms with van der Waals surface area (Å²) in [6.07, 6.45) is 5.16. The van der Waals surface area contributed by atoms with E-state index in [9.17, 15) is 0 Å². The Bertz CT molecular complexity index is 195. The zero-order valence-corrected chi connectivity index (χ0v) is 8.92. The van der Waals surface area contributed by atoms with Crippen LogP contribution in [0.15, 0.2) is 0 Å². The van der Waals surface area contributed by atoms with Gasteiger partial charge in [0.15, 0.2) is 5.79 Å². The number of aliphatic hydroxyl groups is 1. The summed E-state index contributed by atoms with van der Waals surface area (Å²) in [5.74, 6) is -0.303. The molecule has 14 heavy (non-hydrogen) atoms. The fourth-order valence-electron chi connectivity index (χ4n) is 2.84. The molecular weight excluding hydrogens is 180 g/mol. The Balaban J connectivity index is 2.02. The molecule has 0 amide bonds. The largest absolute Gasteiger partial charge is 0.396 e. The fraction of sp³-hybridized carbons (Fsp3) is 1.00. The first-order valence-corrected chi connectivity index (χ1v) is 5.57. The summed E-state index contributed by atoms with van der Waals surface area (Å²) < 4.78 is 11.4. The van der Waals surface area contributed by atoms with Gasteiger partial charge in [-0.15, -0.1) is 0 Å². The van der Waals surface area contributed by atoms with Crippen LogP contribution >= 0.6 is 0 Å². The molecule has 2 aliphatic rings. The zero-order valence-electron chi connectivity index (χ0n) is 8.92. The Morgan fingerprint density at radius 3 is 2.57 bits per heavy atom. The second-order valence-corrected chi connectivity index (χ2v) is 4.92. The molecule has 1 aliphatic carbocycles. The highest BCUT2D eigenvalue weighted by Crippen LogP contribution is 2.47. The summed E-state index contributed by atoms with van der Waals surface area (Å²) in [7, 11) is 0. The van der Waals surface area contributed by atoms with E-state index in [1.807, 2.05) is 0 Å². The number of ether oxygens (including phenoxy) is 2. The molecule has 1 spiro atoms. The lowest BCUT2D eigenvalue weighted by Gasteiger charge is -2.42. The Hall–Kier alpha value is -0.120. The normalized spacial score (nSPS) is 36.4. The van der Waals surface area contributed by atoms with Gasteiger partial charge < -0.3 is 14.6 Å². The molecule has 0 aromatic rings. The quantitative estimate of drug-likeness (QED) is 0.737. The average molecular weight is 200 g/mol. The maximum atomic E-state index is 9.03. The van der Waals surface area contributed by atoms with Gasteiger partial charge in [0.2, 0.25) is 0 Å². The number of rotatable bonds is 2. The van der Waals surface area contributed by atoms with Crippen molar-refractivity contribution in [1.29, 1.82) is 0 Å². The summed E-state index contributed by atoms with van der Waals surface area (Å²) in [4.78, 5) is 0. The molecule has 1 atom stereocenters. The highest BCUT2D eigenvalue weighted by molar-refractivity contribution is 4.90. The summed E-state index contributed by atoms with van der Waals surface area (Å²) >= 11 is 0. The molecule has 1 N–H and O–H groups in total.